The maximum absolute atomic E-state index is 12.6. The molecule has 13 nitrogen and oxygen atoms in total. The monoisotopic (exact) mass is 603 g/mol. The Morgan fingerprint density at radius 1 is 1.02 bits per heavy atom. The van der Waals surface area contributed by atoms with Crippen molar-refractivity contribution in [3.63, 3.8) is 0 Å². The van der Waals surface area contributed by atoms with E-state index in [1.165, 1.54) is 6.34 Å². The Labute approximate surface area is 229 Å². The van der Waals surface area contributed by atoms with E-state index >= 15 is 0 Å². The van der Waals surface area contributed by atoms with Crippen molar-refractivity contribution in [1.29, 1.82) is 0 Å². The van der Waals surface area contributed by atoms with Crippen LogP contribution in [0.1, 0.15) is 66.7 Å². The van der Waals surface area contributed by atoms with Crippen LogP contribution in [0, 0.1) is 0 Å². The lowest BCUT2D eigenvalue weighted by molar-refractivity contribution is -0.344. The lowest BCUT2D eigenvalue weighted by Gasteiger charge is -2.19. The van der Waals surface area contributed by atoms with Crippen LogP contribution in [0.25, 0.3) is 0 Å². The number of rotatable bonds is 8. The first-order valence-electron chi connectivity index (χ1n) is 11.4. The summed E-state index contributed by atoms with van der Waals surface area (Å²) >= 11 is 0. The fraction of sp³-hybridized carbons (Fsp3) is 0.545. The van der Waals surface area contributed by atoms with Gasteiger partial charge in [-0.1, -0.05) is 6.92 Å². The number of hydrogen-bond acceptors (Lipinski definition) is 10. The van der Waals surface area contributed by atoms with Crippen LogP contribution in [-0.2, 0) is 32.0 Å². The molecule has 0 unspecified atom stereocenters. The number of carboxylic acid groups (broad SMARTS) is 2. The third-order valence-corrected chi connectivity index (χ3v) is 4.11. The second-order valence-electron chi connectivity index (χ2n) is 8.48. The van der Waals surface area contributed by atoms with Gasteiger partial charge in [-0.15, -0.1) is 0 Å². The van der Waals surface area contributed by atoms with Gasteiger partial charge >= 0.3 is 36.1 Å². The summed E-state index contributed by atoms with van der Waals surface area (Å²) < 4.78 is 73.9. The molecular weight excluding hydrogens is 576 g/mol. The third-order valence-electron chi connectivity index (χ3n) is 4.11. The van der Waals surface area contributed by atoms with Crippen molar-refractivity contribution in [2.75, 3.05) is 13.2 Å². The van der Waals surface area contributed by atoms with Crippen LogP contribution in [0.2, 0.25) is 0 Å². The van der Waals surface area contributed by atoms with Crippen molar-refractivity contribution < 1.29 is 65.2 Å². The summed E-state index contributed by atoms with van der Waals surface area (Å²) in [7, 11) is 0. The lowest BCUT2D eigenvalue weighted by atomic mass is 10.1. The van der Waals surface area contributed by atoms with Crippen LogP contribution in [0.5, 0.6) is 0 Å². The first-order valence-corrected chi connectivity index (χ1v) is 11.4. The normalized spacial score (nSPS) is 12.8. The molecule has 41 heavy (non-hydrogen) atoms. The number of ether oxygens (including phenoxy) is 2. The van der Waals surface area contributed by atoms with Gasteiger partial charge in [0.15, 0.2) is 6.34 Å². The second-order valence-corrected chi connectivity index (χ2v) is 8.48. The van der Waals surface area contributed by atoms with Gasteiger partial charge in [0.1, 0.15) is 23.8 Å². The van der Waals surface area contributed by atoms with E-state index in [1.807, 2.05) is 6.92 Å². The number of aromatic amines is 1. The standard InChI is InChI=1S/C18H26N5O4.2C2HF3O2/c1-6-11-14(16(24)26-7-2)12(8-19-9-13-20-10-21-23-13)22-15(11)17(25)27-18(3,4)5;2*3-2(4,5)1(6)7/h10,19,22H,6-9H2,1-5H3;2*(H,6,7)/q+1;;/p-1. The number of H-pyrrole nitrogens is 1. The Balaban J connectivity index is 0.000000941. The fourth-order valence-corrected chi connectivity index (χ4v) is 2.63. The molecule has 0 fully saturated rings. The van der Waals surface area contributed by atoms with Crippen molar-refractivity contribution in [3.8, 4) is 0 Å². The molecule has 0 aromatic carbocycles. The summed E-state index contributed by atoms with van der Waals surface area (Å²) in [5, 5.41) is 22.7. The highest BCUT2D eigenvalue weighted by Gasteiger charge is 2.38. The first-order chi connectivity index (χ1) is 18.7. The lowest BCUT2D eigenvalue weighted by Crippen LogP contribution is -2.37. The van der Waals surface area contributed by atoms with Gasteiger partial charge in [0.25, 0.3) is 5.43 Å². The van der Waals surface area contributed by atoms with E-state index < -0.39 is 41.8 Å². The number of carbonyl (C=O) groups is 4. The number of aliphatic imine (C=N–C) groups is 1. The zero-order valence-corrected chi connectivity index (χ0v) is 22.3. The van der Waals surface area contributed by atoms with Crippen LogP contribution < -0.4 is 15.8 Å². The predicted molar refractivity (Wildman–Crippen MR) is 126 cm³/mol. The van der Waals surface area contributed by atoms with E-state index in [2.05, 4.69) is 25.8 Å². The maximum atomic E-state index is 12.6. The number of esters is 2. The van der Waals surface area contributed by atoms with Crippen LogP contribution in [-0.4, -0.2) is 77.2 Å². The van der Waals surface area contributed by atoms with Crippen molar-refractivity contribution in [1.82, 2.24) is 15.7 Å². The van der Waals surface area contributed by atoms with E-state index in [9.17, 15) is 35.9 Å². The van der Waals surface area contributed by atoms with Gasteiger partial charge < -0.3 is 34.8 Å². The van der Waals surface area contributed by atoms with Gasteiger partial charge in [-0.25, -0.2) is 14.4 Å². The van der Waals surface area contributed by atoms with Gasteiger partial charge in [0.2, 0.25) is 0 Å². The number of aliphatic carboxylic acids is 2. The molecular formula is C22H27F6N5O8. The van der Waals surface area contributed by atoms with E-state index in [4.69, 9.17) is 29.3 Å². The van der Waals surface area contributed by atoms with Crippen LogP contribution >= 0.6 is 0 Å². The van der Waals surface area contributed by atoms with Gasteiger partial charge in [0.05, 0.1) is 17.3 Å². The molecule has 0 amide bonds. The fourth-order valence-electron chi connectivity index (χ4n) is 2.63. The quantitative estimate of drug-likeness (QED) is 0.292. The summed E-state index contributed by atoms with van der Waals surface area (Å²) in [5.74, 6) is -6.19. The van der Waals surface area contributed by atoms with Crippen LogP contribution in [0.15, 0.2) is 10.1 Å². The summed E-state index contributed by atoms with van der Waals surface area (Å²) in [4.78, 5) is 49.8. The Morgan fingerprint density at radius 3 is 1.93 bits per heavy atom. The highest BCUT2D eigenvalue weighted by atomic mass is 19.4. The molecule has 0 spiro atoms. The molecule has 0 bridgehead atoms. The molecule has 1 aliphatic heterocycles. The summed E-state index contributed by atoms with van der Waals surface area (Å²) in [6, 6.07) is 0. The number of carboxylic acids is 2. The van der Waals surface area contributed by atoms with Gasteiger partial charge in [0, 0.05) is 12.2 Å². The molecule has 3 N–H and O–H groups in total. The summed E-state index contributed by atoms with van der Waals surface area (Å²) in [5.41, 5.74) is 5.00. The molecule has 0 saturated heterocycles. The number of amidine groups is 1. The van der Waals surface area contributed by atoms with Gasteiger partial charge in [-0.2, -0.15) is 31.3 Å². The number of alkyl halides is 6. The molecule has 0 atom stereocenters. The Bertz CT molecular complexity index is 1110. The molecule has 230 valence electrons. The smallest absolute Gasteiger partial charge is 0.490 e. The molecule has 2 heterocycles. The molecule has 1 aliphatic rings. The topological polar surface area (TPSA) is 197 Å². The van der Waals surface area contributed by atoms with E-state index in [-0.39, 0.29) is 12.3 Å². The third kappa shape index (κ3) is 13.8. The molecule has 2 radical (unpaired) electrons. The largest absolute Gasteiger partial charge is 0.542 e. The molecule has 19 heteroatoms. The average Bonchev–Trinajstić information content (AvgIpc) is 3.45. The van der Waals surface area contributed by atoms with Gasteiger partial charge in [-0.05, 0) is 39.7 Å². The van der Waals surface area contributed by atoms with Gasteiger partial charge in [-0.3, -0.25) is 0 Å². The van der Waals surface area contributed by atoms with E-state index in [0.717, 1.165) is 0 Å². The number of aromatic nitrogens is 1. The van der Waals surface area contributed by atoms with E-state index in [0.29, 0.717) is 42.2 Å². The number of hydrogen-bond donors (Lipinski definition) is 3. The molecule has 1 aromatic rings. The Kier molecular flexibility index (Phi) is 14.2. The van der Waals surface area contributed by atoms with Crippen LogP contribution in [0.4, 0.5) is 26.3 Å². The minimum absolute atomic E-state index is 0.245. The van der Waals surface area contributed by atoms with Crippen molar-refractivity contribution in [3.05, 3.63) is 22.5 Å². The average molecular weight is 603 g/mol. The molecule has 2 rings (SSSR count). The number of nitrogens with zero attached hydrogens (tertiary/aromatic N) is 3. The minimum atomic E-state index is -5.19. The maximum Gasteiger partial charge on any atom is 0.490 e. The first kappa shape index (κ1) is 37.0. The highest BCUT2D eigenvalue weighted by molar-refractivity contribution is 5.99. The molecule has 1 aromatic heterocycles. The minimum Gasteiger partial charge on any atom is -0.542 e. The Morgan fingerprint density at radius 2 is 1.56 bits per heavy atom. The molecule has 0 aliphatic carbocycles. The number of nitrogens with one attached hydrogen (secondary N) is 2. The van der Waals surface area contributed by atoms with Crippen molar-refractivity contribution in [2.45, 2.75) is 65.5 Å². The Hall–Kier alpha value is -4.00. The second kappa shape index (κ2) is 15.7. The number of carbonyl (C=O) groups excluding carboxylic acids is 3. The van der Waals surface area contributed by atoms with Crippen molar-refractivity contribution in [2.24, 2.45) is 10.1 Å². The summed E-state index contributed by atoms with van der Waals surface area (Å²) in [6.45, 7) is 9.92. The van der Waals surface area contributed by atoms with Crippen molar-refractivity contribution >= 4 is 36.1 Å². The van der Waals surface area contributed by atoms with Crippen LogP contribution in [0.3, 0.4) is 0 Å². The highest BCUT2D eigenvalue weighted by Crippen LogP contribution is 2.24. The zero-order chi connectivity index (χ0) is 32.2. The predicted octanol–water partition coefficient (Wildman–Crippen LogP) is 1.69. The SMILES string of the molecule is CCOC(=O)c1c(CNCC2=NC=N[N+]2)[nH]c(C(=O)OC(C)(C)C)c1CC.O=C(O)C(F)(F)F.O=C([O-])C(F)(F)F. The zero-order valence-electron chi connectivity index (χ0n) is 22.3. The molecule has 0 saturated carbocycles. The number of halogens is 6. The van der Waals surface area contributed by atoms with E-state index in [1.54, 1.807) is 27.7 Å². The summed E-state index contributed by atoms with van der Waals surface area (Å²) in [6.07, 6.45) is -8.43.